The fraction of sp³-hybridized carbons (Fsp3) is 0.0667. The Morgan fingerprint density at radius 2 is 1.91 bits per heavy atom. The SMILES string of the molecule is O=C1NC(=O)C(c2cc3nc(-c4ccncc4)ccc3o2)N1. The Labute approximate surface area is 124 Å². The van der Waals surface area contributed by atoms with E-state index in [1.54, 1.807) is 24.5 Å². The summed E-state index contributed by atoms with van der Waals surface area (Å²) < 4.78 is 5.61. The molecule has 1 unspecified atom stereocenters. The van der Waals surface area contributed by atoms with Crippen molar-refractivity contribution in [1.82, 2.24) is 20.6 Å². The zero-order valence-corrected chi connectivity index (χ0v) is 11.2. The van der Waals surface area contributed by atoms with Gasteiger partial charge in [-0.2, -0.15) is 0 Å². The molecular weight excluding hydrogens is 284 g/mol. The van der Waals surface area contributed by atoms with Crippen molar-refractivity contribution in [2.75, 3.05) is 0 Å². The van der Waals surface area contributed by atoms with Gasteiger partial charge < -0.3 is 9.73 Å². The van der Waals surface area contributed by atoms with Crippen molar-refractivity contribution < 1.29 is 14.0 Å². The summed E-state index contributed by atoms with van der Waals surface area (Å²) in [6, 6.07) is 7.66. The molecule has 1 aliphatic heterocycles. The fourth-order valence-corrected chi connectivity index (χ4v) is 2.39. The van der Waals surface area contributed by atoms with Crippen LogP contribution in [0, 0.1) is 0 Å². The number of hydrogen-bond acceptors (Lipinski definition) is 5. The fourth-order valence-electron chi connectivity index (χ4n) is 2.39. The maximum atomic E-state index is 11.7. The summed E-state index contributed by atoms with van der Waals surface area (Å²) >= 11 is 0. The van der Waals surface area contributed by atoms with Crippen LogP contribution in [0.15, 0.2) is 47.1 Å². The molecule has 4 rings (SSSR count). The molecule has 0 aliphatic carbocycles. The molecule has 3 amide bonds. The third kappa shape index (κ3) is 1.99. The lowest BCUT2D eigenvalue weighted by atomic mass is 10.1. The van der Waals surface area contributed by atoms with Gasteiger partial charge in [0.05, 0.1) is 5.69 Å². The number of imide groups is 1. The van der Waals surface area contributed by atoms with Crippen LogP contribution in [0.5, 0.6) is 0 Å². The van der Waals surface area contributed by atoms with Crippen LogP contribution < -0.4 is 10.6 Å². The van der Waals surface area contributed by atoms with Crippen molar-refractivity contribution in [3.63, 3.8) is 0 Å². The highest BCUT2D eigenvalue weighted by Crippen LogP contribution is 2.27. The molecule has 1 saturated heterocycles. The predicted molar refractivity (Wildman–Crippen MR) is 76.7 cm³/mol. The summed E-state index contributed by atoms with van der Waals surface area (Å²) in [5.74, 6) is -0.0730. The van der Waals surface area contributed by atoms with Gasteiger partial charge in [0.15, 0.2) is 11.6 Å². The zero-order valence-electron chi connectivity index (χ0n) is 11.2. The van der Waals surface area contributed by atoms with Crippen LogP contribution in [-0.2, 0) is 4.79 Å². The van der Waals surface area contributed by atoms with Gasteiger partial charge in [-0.05, 0) is 24.3 Å². The molecule has 2 N–H and O–H groups in total. The number of furan rings is 1. The first-order valence-corrected chi connectivity index (χ1v) is 6.63. The van der Waals surface area contributed by atoms with Crippen LogP contribution in [0.2, 0.25) is 0 Å². The number of fused-ring (bicyclic) bond motifs is 1. The predicted octanol–water partition coefficient (Wildman–Crippen LogP) is 1.77. The van der Waals surface area contributed by atoms with E-state index in [0.29, 0.717) is 16.9 Å². The lowest BCUT2D eigenvalue weighted by Crippen LogP contribution is -2.22. The van der Waals surface area contributed by atoms with E-state index in [4.69, 9.17) is 4.42 Å². The van der Waals surface area contributed by atoms with E-state index in [2.05, 4.69) is 20.6 Å². The molecule has 0 spiro atoms. The quantitative estimate of drug-likeness (QED) is 0.702. The van der Waals surface area contributed by atoms with E-state index in [-0.39, 0.29) is 0 Å². The number of rotatable bonds is 2. The van der Waals surface area contributed by atoms with Crippen molar-refractivity contribution in [3.8, 4) is 11.3 Å². The van der Waals surface area contributed by atoms with Crippen LogP contribution in [0.3, 0.4) is 0 Å². The molecule has 0 radical (unpaired) electrons. The van der Waals surface area contributed by atoms with Gasteiger partial charge in [0.1, 0.15) is 11.3 Å². The van der Waals surface area contributed by atoms with Crippen LogP contribution in [-0.4, -0.2) is 21.9 Å². The Hall–Kier alpha value is -3.22. The molecule has 7 heteroatoms. The number of pyridine rings is 2. The third-order valence-electron chi connectivity index (χ3n) is 3.43. The summed E-state index contributed by atoms with van der Waals surface area (Å²) in [6.45, 7) is 0. The highest BCUT2D eigenvalue weighted by Gasteiger charge is 2.33. The Morgan fingerprint density at radius 3 is 2.64 bits per heavy atom. The average molecular weight is 294 g/mol. The third-order valence-corrected chi connectivity index (χ3v) is 3.43. The smallest absolute Gasteiger partial charge is 0.322 e. The summed E-state index contributed by atoms with van der Waals surface area (Å²) in [4.78, 5) is 31.3. The Balaban J connectivity index is 1.76. The summed E-state index contributed by atoms with van der Waals surface area (Å²) in [5, 5.41) is 4.67. The molecular formula is C15H10N4O3. The number of nitrogens with zero attached hydrogens (tertiary/aromatic N) is 2. The maximum absolute atomic E-state index is 11.7. The van der Waals surface area contributed by atoms with E-state index in [0.717, 1.165) is 11.3 Å². The second-order valence-electron chi connectivity index (χ2n) is 4.86. The van der Waals surface area contributed by atoms with Crippen LogP contribution in [0.25, 0.3) is 22.4 Å². The highest BCUT2D eigenvalue weighted by atomic mass is 16.3. The van der Waals surface area contributed by atoms with Gasteiger partial charge in [-0.1, -0.05) is 0 Å². The van der Waals surface area contributed by atoms with Crippen molar-refractivity contribution in [3.05, 3.63) is 48.5 Å². The van der Waals surface area contributed by atoms with E-state index in [1.165, 1.54) is 0 Å². The first-order chi connectivity index (χ1) is 10.7. The molecule has 3 aromatic rings. The zero-order chi connectivity index (χ0) is 15.1. The first kappa shape index (κ1) is 12.5. The van der Waals surface area contributed by atoms with Gasteiger partial charge in [-0.3, -0.25) is 15.1 Å². The van der Waals surface area contributed by atoms with Crippen LogP contribution >= 0.6 is 0 Å². The molecule has 1 atom stereocenters. The van der Waals surface area contributed by atoms with E-state index in [9.17, 15) is 9.59 Å². The maximum Gasteiger partial charge on any atom is 0.322 e. The standard InChI is InChI=1S/C15H10N4O3/c20-14-13(18-15(21)19-14)12-7-10-11(22-12)2-1-9(17-10)8-3-5-16-6-4-8/h1-7,13H,(H2,18,19,20,21). The molecule has 1 fully saturated rings. The van der Waals surface area contributed by atoms with Crippen molar-refractivity contribution >= 4 is 23.0 Å². The minimum atomic E-state index is -0.814. The number of carbonyl (C=O) groups is 2. The molecule has 0 bridgehead atoms. The summed E-state index contributed by atoms with van der Waals surface area (Å²) in [6.07, 6.45) is 3.39. The molecule has 7 nitrogen and oxygen atoms in total. The minimum Gasteiger partial charge on any atom is -0.457 e. The number of hydrogen-bond donors (Lipinski definition) is 2. The average Bonchev–Trinajstić information content (AvgIpc) is 3.09. The number of carbonyl (C=O) groups excluding carboxylic acids is 2. The van der Waals surface area contributed by atoms with Crippen LogP contribution in [0.1, 0.15) is 11.8 Å². The topological polar surface area (TPSA) is 97.1 Å². The number of aromatic nitrogens is 2. The van der Waals surface area contributed by atoms with E-state index < -0.39 is 18.0 Å². The van der Waals surface area contributed by atoms with Gasteiger partial charge >= 0.3 is 6.03 Å². The molecule has 108 valence electrons. The minimum absolute atomic E-state index is 0.359. The first-order valence-electron chi connectivity index (χ1n) is 6.63. The second-order valence-corrected chi connectivity index (χ2v) is 4.86. The van der Waals surface area contributed by atoms with Crippen molar-refractivity contribution in [1.29, 1.82) is 0 Å². The monoisotopic (exact) mass is 294 g/mol. The Morgan fingerprint density at radius 1 is 1.09 bits per heavy atom. The van der Waals surface area contributed by atoms with Crippen molar-refractivity contribution in [2.45, 2.75) is 6.04 Å². The largest absolute Gasteiger partial charge is 0.457 e. The van der Waals surface area contributed by atoms with Gasteiger partial charge in [0.2, 0.25) is 0 Å². The van der Waals surface area contributed by atoms with Gasteiger partial charge in [-0.25, -0.2) is 9.78 Å². The van der Waals surface area contributed by atoms with Gasteiger partial charge in [-0.15, -0.1) is 0 Å². The van der Waals surface area contributed by atoms with Gasteiger partial charge in [0, 0.05) is 24.0 Å². The summed E-state index contributed by atoms with van der Waals surface area (Å²) in [7, 11) is 0. The molecule has 4 heterocycles. The Bertz CT molecular complexity index is 888. The van der Waals surface area contributed by atoms with E-state index >= 15 is 0 Å². The Kier molecular flexibility index (Phi) is 2.65. The highest BCUT2D eigenvalue weighted by molar-refractivity contribution is 6.04. The second kappa shape index (κ2) is 4.66. The van der Waals surface area contributed by atoms with Crippen LogP contribution in [0.4, 0.5) is 4.79 Å². The van der Waals surface area contributed by atoms with Gasteiger partial charge in [0.25, 0.3) is 5.91 Å². The van der Waals surface area contributed by atoms with Crippen molar-refractivity contribution in [2.24, 2.45) is 0 Å². The summed E-state index contributed by atoms with van der Waals surface area (Å²) in [5.41, 5.74) is 2.90. The molecule has 22 heavy (non-hydrogen) atoms. The number of amides is 3. The number of urea groups is 1. The lowest BCUT2D eigenvalue weighted by Gasteiger charge is -2.00. The molecule has 0 aromatic carbocycles. The molecule has 0 saturated carbocycles. The normalized spacial score (nSPS) is 17.5. The van der Waals surface area contributed by atoms with E-state index in [1.807, 2.05) is 18.2 Å². The number of nitrogens with one attached hydrogen (secondary N) is 2. The lowest BCUT2D eigenvalue weighted by molar-refractivity contribution is -0.120. The molecule has 3 aromatic heterocycles. The molecule has 1 aliphatic rings.